The molecule has 4 heteroatoms. The molecule has 1 aromatic heterocycles. The molecule has 4 nitrogen and oxygen atoms in total. The van der Waals surface area contributed by atoms with Gasteiger partial charge in [-0.3, -0.25) is 14.9 Å². The van der Waals surface area contributed by atoms with Crippen LogP contribution in [0.5, 0.6) is 0 Å². The molecule has 3 rings (SSSR count). The summed E-state index contributed by atoms with van der Waals surface area (Å²) in [7, 11) is 0. The van der Waals surface area contributed by atoms with Crippen LogP contribution in [0.1, 0.15) is 12.6 Å². The molecule has 2 aliphatic rings. The molecule has 86 valence electrons. The highest BCUT2D eigenvalue weighted by Crippen LogP contribution is 2.32. The molecule has 3 unspecified atom stereocenters. The lowest BCUT2D eigenvalue weighted by Gasteiger charge is -2.23. The predicted octanol–water partition coefficient (Wildman–Crippen LogP) is 0.516. The van der Waals surface area contributed by atoms with Gasteiger partial charge in [0.05, 0.1) is 5.69 Å². The van der Waals surface area contributed by atoms with Crippen molar-refractivity contribution in [2.45, 2.75) is 19.5 Å². The van der Waals surface area contributed by atoms with E-state index in [-0.39, 0.29) is 0 Å². The summed E-state index contributed by atoms with van der Waals surface area (Å²) in [4.78, 5) is 11.0. The van der Waals surface area contributed by atoms with Gasteiger partial charge in [0.25, 0.3) is 0 Å². The second-order valence-electron chi connectivity index (χ2n) is 4.95. The van der Waals surface area contributed by atoms with E-state index in [9.17, 15) is 0 Å². The van der Waals surface area contributed by atoms with Crippen molar-refractivity contribution in [3.8, 4) is 0 Å². The standard InChI is InChI=1S/C12H18N4/c1-9-12-6-14-4-10(12)7-16(9)8-11-5-13-2-3-15-11/h2-3,5,9-10,12,14H,4,6-8H2,1H3. The lowest BCUT2D eigenvalue weighted by molar-refractivity contribution is 0.228. The molecule has 2 fully saturated rings. The van der Waals surface area contributed by atoms with Crippen LogP contribution in [0.25, 0.3) is 0 Å². The molecule has 3 atom stereocenters. The third-order valence-electron chi connectivity index (χ3n) is 4.04. The first-order valence-electron chi connectivity index (χ1n) is 6.04. The minimum Gasteiger partial charge on any atom is -0.316 e. The maximum Gasteiger partial charge on any atom is 0.0726 e. The van der Waals surface area contributed by atoms with Crippen LogP contribution in [-0.2, 0) is 6.54 Å². The first kappa shape index (κ1) is 10.2. The highest BCUT2D eigenvalue weighted by molar-refractivity contribution is 5.01. The normalized spacial score (nSPS) is 34.2. The van der Waals surface area contributed by atoms with Gasteiger partial charge < -0.3 is 5.32 Å². The van der Waals surface area contributed by atoms with Crippen molar-refractivity contribution >= 4 is 0 Å². The Balaban J connectivity index is 1.69. The Morgan fingerprint density at radius 2 is 2.38 bits per heavy atom. The van der Waals surface area contributed by atoms with Crippen LogP contribution in [0.4, 0.5) is 0 Å². The van der Waals surface area contributed by atoms with E-state index in [1.807, 2.05) is 6.20 Å². The molecular formula is C12H18N4. The fraction of sp³-hybridized carbons (Fsp3) is 0.667. The van der Waals surface area contributed by atoms with Gasteiger partial charge in [-0.25, -0.2) is 0 Å². The second kappa shape index (κ2) is 4.11. The van der Waals surface area contributed by atoms with Crippen molar-refractivity contribution in [1.82, 2.24) is 20.2 Å². The number of hydrogen-bond donors (Lipinski definition) is 1. The first-order valence-corrected chi connectivity index (χ1v) is 6.04. The topological polar surface area (TPSA) is 41.0 Å². The number of rotatable bonds is 2. The maximum absolute atomic E-state index is 4.35. The lowest BCUT2D eigenvalue weighted by atomic mass is 9.95. The van der Waals surface area contributed by atoms with Crippen molar-refractivity contribution in [3.63, 3.8) is 0 Å². The summed E-state index contributed by atoms with van der Waals surface area (Å²) >= 11 is 0. The Bertz CT molecular complexity index is 353. The largest absolute Gasteiger partial charge is 0.316 e. The van der Waals surface area contributed by atoms with Gasteiger partial charge in [0.15, 0.2) is 0 Å². The van der Waals surface area contributed by atoms with E-state index in [0.717, 1.165) is 24.1 Å². The van der Waals surface area contributed by atoms with Crippen LogP contribution in [0.15, 0.2) is 18.6 Å². The molecule has 2 aliphatic heterocycles. The molecule has 0 amide bonds. The number of nitrogens with zero attached hydrogens (tertiary/aromatic N) is 3. The molecule has 2 saturated heterocycles. The SMILES string of the molecule is CC1C2CNCC2CN1Cc1cnccn1. The smallest absolute Gasteiger partial charge is 0.0726 e. The Labute approximate surface area is 96.1 Å². The van der Waals surface area contributed by atoms with Crippen LogP contribution >= 0.6 is 0 Å². The molecule has 1 aromatic rings. The van der Waals surface area contributed by atoms with Gasteiger partial charge in [-0.05, 0) is 31.8 Å². The zero-order valence-electron chi connectivity index (χ0n) is 9.63. The van der Waals surface area contributed by atoms with E-state index in [1.54, 1.807) is 12.4 Å². The number of hydrogen-bond acceptors (Lipinski definition) is 4. The Morgan fingerprint density at radius 1 is 1.44 bits per heavy atom. The average Bonchev–Trinajstić information content (AvgIpc) is 2.86. The second-order valence-corrected chi connectivity index (χ2v) is 4.95. The van der Waals surface area contributed by atoms with Crippen molar-refractivity contribution in [2.75, 3.05) is 19.6 Å². The summed E-state index contributed by atoms with van der Waals surface area (Å²) < 4.78 is 0. The number of aromatic nitrogens is 2. The summed E-state index contributed by atoms with van der Waals surface area (Å²) in [5.74, 6) is 1.67. The van der Waals surface area contributed by atoms with E-state index in [4.69, 9.17) is 0 Å². The van der Waals surface area contributed by atoms with E-state index in [1.165, 1.54) is 19.6 Å². The molecule has 0 saturated carbocycles. The quantitative estimate of drug-likeness (QED) is 0.785. The zero-order chi connectivity index (χ0) is 11.0. The molecule has 16 heavy (non-hydrogen) atoms. The van der Waals surface area contributed by atoms with Gasteiger partial charge >= 0.3 is 0 Å². The van der Waals surface area contributed by atoms with E-state index >= 15 is 0 Å². The van der Waals surface area contributed by atoms with Crippen molar-refractivity contribution < 1.29 is 0 Å². The van der Waals surface area contributed by atoms with Gasteiger partial charge in [0.2, 0.25) is 0 Å². The van der Waals surface area contributed by atoms with Crippen LogP contribution in [0.2, 0.25) is 0 Å². The van der Waals surface area contributed by atoms with Gasteiger partial charge in [-0.2, -0.15) is 0 Å². The predicted molar refractivity (Wildman–Crippen MR) is 61.8 cm³/mol. The van der Waals surface area contributed by atoms with Gasteiger partial charge in [-0.1, -0.05) is 0 Å². The number of likely N-dealkylation sites (tertiary alicyclic amines) is 1. The summed E-state index contributed by atoms with van der Waals surface area (Å²) in [6.07, 6.45) is 5.38. The summed E-state index contributed by atoms with van der Waals surface area (Å²) in [5.41, 5.74) is 1.09. The molecule has 0 aliphatic carbocycles. The lowest BCUT2D eigenvalue weighted by Crippen LogP contribution is -2.33. The molecule has 3 heterocycles. The van der Waals surface area contributed by atoms with Crippen LogP contribution in [-0.4, -0.2) is 40.5 Å². The minimum atomic E-state index is 0.669. The summed E-state index contributed by atoms with van der Waals surface area (Å²) in [6, 6.07) is 0.669. The minimum absolute atomic E-state index is 0.669. The fourth-order valence-electron chi connectivity index (χ4n) is 3.08. The highest BCUT2D eigenvalue weighted by atomic mass is 15.2. The van der Waals surface area contributed by atoms with E-state index in [2.05, 4.69) is 27.1 Å². The third kappa shape index (κ3) is 1.72. The number of nitrogens with one attached hydrogen (secondary N) is 1. The number of fused-ring (bicyclic) bond motifs is 1. The molecule has 0 aromatic carbocycles. The summed E-state index contributed by atoms with van der Waals surface area (Å²) in [5, 5.41) is 3.48. The molecule has 0 bridgehead atoms. The fourth-order valence-corrected chi connectivity index (χ4v) is 3.08. The van der Waals surface area contributed by atoms with Gasteiger partial charge in [0.1, 0.15) is 0 Å². The first-order chi connectivity index (χ1) is 7.84. The van der Waals surface area contributed by atoms with Gasteiger partial charge in [0, 0.05) is 37.7 Å². The van der Waals surface area contributed by atoms with Crippen LogP contribution in [0, 0.1) is 11.8 Å². The van der Waals surface area contributed by atoms with E-state index in [0.29, 0.717) is 6.04 Å². The Kier molecular flexibility index (Phi) is 2.61. The van der Waals surface area contributed by atoms with Crippen molar-refractivity contribution in [2.24, 2.45) is 11.8 Å². The van der Waals surface area contributed by atoms with Gasteiger partial charge in [-0.15, -0.1) is 0 Å². The van der Waals surface area contributed by atoms with Crippen LogP contribution < -0.4 is 5.32 Å². The monoisotopic (exact) mass is 218 g/mol. The zero-order valence-corrected chi connectivity index (χ0v) is 9.63. The molecule has 1 N–H and O–H groups in total. The Hall–Kier alpha value is -1.00. The third-order valence-corrected chi connectivity index (χ3v) is 4.04. The summed E-state index contributed by atoms with van der Waals surface area (Å²) in [6.45, 7) is 6.86. The molecule has 0 spiro atoms. The molecule has 0 radical (unpaired) electrons. The highest BCUT2D eigenvalue weighted by Gasteiger charge is 2.41. The maximum atomic E-state index is 4.35. The molecular weight excluding hydrogens is 200 g/mol. The average molecular weight is 218 g/mol. The Morgan fingerprint density at radius 3 is 3.12 bits per heavy atom. The van der Waals surface area contributed by atoms with Crippen molar-refractivity contribution in [1.29, 1.82) is 0 Å². The van der Waals surface area contributed by atoms with E-state index < -0.39 is 0 Å². The van der Waals surface area contributed by atoms with Crippen LogP contribution in [0.3, 0.4) is 0 Å². The van der Waals surface area contributed by atoms with Crippen molar-refractivity contribution in [3.05, 3.63) is 24.3 Å².